The highest BCUT2D eigenvalue weighted by Crippen LogP contribution is 2.25. The summed E-state index contributed by atoms with van der Waals surface area (Å²) in [5.41, 5.74) is 0.710. The summed E-state index contributed by atoms with van der Waals surface area (Å²) in [4.78, 5) is 11.5. The summed E-state index contributed by atoms with van der Waals surface area (Å²) in [6.07, 6.45) is 2.15. The number of carbonyl (C=O) groups is 1. The minimum atomic E-state index is -0.0559. The summed E-state index contributed by atoms with van der Waals surface area (Å²) in [5, 5.41) is 1.17. The smallest absolute Gasteiger partial charge is 0.208 e. The van der Waals surface area contributed by atoms with E-state index in [1.807, 2.05) is 18.2 Å². The van der Waals surface area contributed by atoms with E-state index in [0.29, 0.717) is 18.0 Å². The molecular formula is C14H15BrO3. The molecule has 0 unspecified atom stereocenters. The molecule has 0 spiro atoms. The van der Waals surface area contributed by atoms with Gasteiger partial charge >= 0.3 is 0 Å². The molecule has 0 amide bonds. The number of hydrogen-bond donors (Lipinski definition) is 0. The highest BCUT2D eigenvalue weighted by molar-refractivity contribution is 9.09. The maximum Gasteiger partial charge on any atom is 0.208 e. The molecule has 0 saturated carbocycles. The second kappa shape index (κ2) is 6.05. The van der Waals surface area contributed by atoms with Crippen LogP contribution in [-0.4, -0.2) is 17.7 Å². The molecule has 0 aliphatic heterocycles. The average Bonchev–Trinajstić information content (AvgIpc) is 2.81. The van der Waals surface area contributed by atoms with Gasteiger partial charge in [0, 0.05) is 5.39 Å². The molecular weight excluding hydrogens is 296 g/mol. The Bertz CT molecular complexity index is 545. The Morgan fingerprint density at radius 1 is 1.39 bits per heavy atom. The summed E-state index contributed by atoms with van der Waals surface area (Å²) in [6, 6.07) is 7.36. The van der Waals surface area contributed by atoms with Crippen molar-refractivity contribution >= 4 is 32.7 Å². The van der Waals surface area contributed by atoms with Crippen molar-refractivity contribution in [3.05, 3.63) is 30.0 Å². The number of alkyl halides is 1. The van der Waals surface area contributed by atoms with Crippen molar-refractivity contribution in [2.45, 2.75) is 19.8 Å². The molecule has 2 rings (SSSR count). The number of unbranched alkanes of at least 4 members (excludes halogenated alkanes) is 1. The fourth-order valence-electron chi connectivity index (χ4n) is 1.65. The van der Waals surface area contributed by atoms with Gasteiger partial charge in [0.1, 0.15) is 11.3 Å². The third kappa shape index (κ3) is 2.93. The van der Waals surface area contributed by atoms with E-state index in [1.54, 1.807) is 6.07 Å². The number of rotatable bonds is 6. The van der Waals surface area contributed by atoms with Gasteiger partial charge in [0.25, 0.3) is 0 Å². The zero-order chi connectivity index (χ0) is 13.0. The predicted molar refractivity (Wildman–Crippen MR) is 74.7 cm³/mol. The Hall–Kier alpha value is -1.29. The van der Waals surface area contributed by atoms with Crippen molar-refractivity contribution in [2.24, 2.45) is 0 Å². The van der Waals surface area contributed by atoms with Crippen LogP contribution in [0.1, 0.15) is 30.3 Å². The van der Waals surface area contributed by atoms with Gasteiger partial charge in [0.15, 0.2) is 5.76 Å². The molecule has 0 radical (unpaired) electrons. The Balaban J connectivity index is 2.20. The molecule has 0 bridgehead atoms. The molecule has 96 valence electrons. The lowest BCUT2D eigenvalue weighted by Gasteiger charge is -2.04. The molecule has 0 N–H and O–H groups in total. The van der Waals surface area contributed by atoms with Gasteiger partial charge in [-0.3, -0.25) is 4.79 Å². The van der Waals surface area contributed by atoms with E-state index in [-0.39, 0.29) is 11.1 Å². The summed E-state index contributed by atoms with van der Waals surface area (Å²) in [5.74, 6) is 1.14. The first-order valence-corrected chi connectivity index (χ1v) is 7.12. The van der Waals surface area contributed by atoms with Crippen LogP contribution in [0.4, 0.5) is 0 Å². The number of benzene rings is 1. The van der Waals surface area contributed by atoms with Crippen LogP contribution in [0.15, 0.2) is 28.7 Å². The van der Waals surface area contributed by atoms with Crippen molar-refractivity contribution in [1.29, 1.82) is 0 Å². The zero-order valence-corrected chi connectivity index (χ0v) is 11.8. The van der Waals surface area contributed by atoms with Crippen LogP contribution in [0.3, 0.4) is 0 Å². The van der Waals surface area contributed by atoms with Crippen molar-refractivity contribution in [3.63, 3.8) is 0 Å². The third-order valence-electron chi connectivity index (χ3n) is 2.65. The summed E-state index contributed by atoms with van der Waals surface area (Å²) in [7, 11) is 0. The lowest BCUT2D eigenvalue weighted by Crippen LogP contribution is -1.96. The fourth-order valence-corrected chi connectivity index (χ4v) is 1.93. The van der Waals surface area contributed by atoms with Crippen LogP contribution in [0.2, 0.25) is 0 Å². The SMILES string of the molecule is CCCCOc1ccc2oc(C(=O)CBr)cc2c1. The lowest BCUT2D eigenvalue weighted by atomic mass is 10.2. The first-order valence-electron chi connectivity index (χ1n) is 6.00. The molecule has 1 aromatic heterocycles. The fraction of sp³-hybridized carbons (Fsp3) is 0.357. The molecule has 2 aromatic rings. The van der Waals surface area contributed by atoms with E-state index in [1.165, 1.54) is 0 Å². The van der Waals surface area contributed by atoms with Crippen LogP contribution < -0.4 is 4.74 Å². The Labute approximate surface area is 114 Å². The average molecular weight is 311 g/mol. The van der Waals surface area contributed by atoms with Gasteiger partial charge in [-0.05, 0) is 30.7 Å². The highest BCUT2D eigenvalue weighted by atomic mass is 79.9. The molecule has 0 atom stereocenters. The van der Waals surface area contributed by atoms with Gasteiger partial charge in [-0.15, -0.1) is 0 Å². The van der Waals surface area contributed by atoms with Crippen LogP contribution in [0.25, 0.3) is 11.0 Å². The summed E-state index contributed by atoms with van der Waals surface area (Å²) in [6.45, 7) is 2.84. The first kappa shape index (κ1) is 13.1. The second-order valence-electron chi connectivity index (χ2n) is 4.07. The van der Waals surface area contributed by atoms with Gasteiger partial charge in [-0.25, -0.2) is 0 Å². The molecule has 1 aromatic carbocycles. The number of halogens is 1. The molecule has 0 fully saturated rings. The quantitative estimate of drug-likeness (QED) is 0.456. The molecule has 4 heteroatoms. The minimum Gasteiger partial charge on any atom is -0.494 e. The van der Waals surface area contributed by atoms with E-state index >= 15 is 0 Å². The third-order valence-corrected chi connectivity index (χ3v) is 3.16. The van der Waals surface area contributed by atoms with Gasteiger partial charge in [-0.1, -0.05) is 29.3 Å². The van der Waals surface area contributed by atoms with Crippen molar-refractivity contribution in [2.75, 3.05) is 11.9 Å². The van der Waals surface area contributed by atoms with E-state index in [4.69, 9.17) is 9.15 Å². The molecule has 1 heterocycles. The van der Waals surface area contributed by atoms with Crippen molar-refractivity contribution in [1.82, 2.24) is 0 Å². The zero-order valence-electron chi connectivity index (χ0n) is 10.2. The molecule has 3 nitrogen and oxygen atoms in total. The van der Waals surface area contributed by atoms with Crippen LogP contribution >= 0.6 is 15.9 Å². The monoisotopic (exact) mass is 310 g/mol. The van der Waals surface area contributed by atoms with Gasteiger partial charge in [0.05, 0.1) is 11.9 Å². The Kier molecular flexibility index (Phi) is 4.42. The van der Waals surface area contributed by atoms with Crippen LogP contribution in [0.5, 0.6) is 5.75 Å². The van der Waals surface area contributed by atoms with E-state index in [2.05, 4.69) is 22.9 Å². The maximum atomic E-state index is 11.5. The highest BCUT2D eigenvalue weighted by Gasteiger charge is 2.11. The number of ether oxygens (including phenoxy) is 1. The normalized spacial score (nSPS) is 10.8. The van der Waals surface area contributed by atoms with Crippen molar-refractivity contribution in [3.8, 4) is 5.75 Å². The van der Waals surface area contributed by atoms with Crippen molar-refractivity contribution < 1.29 is 13.9 Å². The Morgan fingerprint density at radius 3 is 2.94 bits per heavy atom. The second-order valence-corrected chi connectivity index (χ2v) is 4.63. The van der Waals surface area contributed by atoms with E-state index in [0.717, 1.165) is 24.0 Å². The molecule has 0 aliphatic rings. The largest absolute Gasteiger partial charge is 0.494 e. The van der Waals surface area contributed by atoms with Gasteiger partial charge in [-0.2, -0.15) is 0 Å². The van der Waals surface area contributed by atoms with Gasteiger partial charge < -0.3 is 9.15 Å². The predicted octanol–water partition coefficient (Wildman–Crippen LogP) is 4.19. The lowest BCUT2D eigenvalue weighted by molar-refractivity contribution is 0.0995. The van der Waals surface area contributed by atoms with Crippen LogP contribution in [0, 0.1) is 0 Å². The molecule has 18 heavy (non-hydrogen) atoms. The standard InChI is InChI=1S/C14H15BrO3/c1-2-3-6-17-11-4-5-13-10(7-11)8-14(18-13)12(16)9-15/h4-5,7-8H,2-3,6,9H2,1H3. The number of hydrogen-bond acceptors (Lipinski definition) is 3. The van der Waals surface area contributed by atoms with Gasteiger partial charge in [0.2, 0.25) is 5.78 Å². The molecule has 0 aliphatic carbocycles. The minimum absolute atomic E-state index is 0.0559. The number of carbonyl (C=O) groups excluding carboxylic acids is 1. The van der Waals surface area contributed by atoms with E-state index in [9.17, 15) is 4.79 Å². The summed E-state index contributed by atoms with van der Waals surface area (Å²) < 4.78 is 11.1. The summed E-state index contributed by atoms with van der Waals surface area (Å²) >= 11 is 3.13. The number of ketones is 1. The number of furan rings is 1. The molecule has 0 saturated heterocycles. The van der Waals surface area contributed by atoms with E-state index < -0.39 is 0 Å². The first-order chi connectivity index (χ1) is 8.74. The topological polar surface area (TPSA) is 39.4 Å². The van der Waals surface area contributed by atoms with Crippen LogP contribution in [-0.2, 0) is 0 Å². The number of fused-ring (bicyclic) bond motifs is 1. The Morgan fingerprint density at radius 2 is 2.22 bits per heavy atom. The maximum absolute atomic E-state index is 11.5. The number of Topliss-reactive ketones (excluding diaryl/α,β-unsaturated/α-hetero) is 1.